The van der Waals surface area contributed by atoms with Crippen molar-refractivity contribution < 1.29 is 4.74 Å². The Labute approximate surface area is 138 Å². The number of aryl methyl sites for hydroxylation is 1. The summed E-state index contributed by atoms with van der Waals surface area (Å²) in [5, 5.41) is 3.61. The number of fused-ring (bicyclic) bond motifs is 1. The van der Waals surface area contributed by atoms with Crippen molar-refractivity contribution >= 4 is 27.3 Å². The van der Waals surface area contributed by atoms with Gasteiger partial charge in [0.05, 0.1) is 6.61 Å². The summed E-state index contributed by atoms with van der Waals surface area (Å²) < 4.78 is 7.01. The average molecular weight is 366 g/mol. The van der Waals surface area contributed by atoms with Crippen molar-refractivity contribution in [3.05, 3.63) is 49.6 Å². The van der Waals surface area contributed by atoms with Gasteiger partial charge in [0.25, 0.3) is 0 Å². The minimum absolute atomic E-state index is 0.358. The van der Waals surface area contributed by atoms with Gasteiger partial charge in [0.1, 0.15) is 5.75 Å². The highest BCUT2D eigenvalue weighted by Gasteiger charge is 2.21. The summed E-state index contributed by atoms with van der Waals surface area (Å²) >= 11 is 5.51. The van der Waals surface area contributed by atoms with Crippen molar-refractivity contribution in [1.82, 2.24) is 5.32 Å². The minimum Gasteiger partial charge on any atom is -0.493 e. The Bertz CT molecular complexity index is 638. The van der Waals surface area contributed by atoms with Crippen LogP contribution in [-0.4, -0.2) is 13.2 Å². The first kappa shape index (κ1) is 15.1. The quantitative estimate of drug-likeness (QED) is 0.832. The van der Waals surface area contributed by atoms with Crippen molar-refractivity contribution in [3.63, 3.8) is 0 Å². The van der Waals surface area contributed by atoms with Gasteiger partial charge in [-0.25, -0.2) is 0 Å². The van der Waals surface area contributed by atoms with E-state index in [1.807, 2.05) is 11.3 Å². The molecule has 1 aromatic carbocycles. The van der Waals surface area contributed by atoms with Gasteiger partial charge in [0.2, 0.25) is 0 Å². The van der Waals surface area contributed by atoms with E-state index in [-0.39, 0.29) is 0 Å². The zero-order valence-electron chi connectivity index (χ0n) is 12.4. The molecule has 21 heavy (non-hydrogen) atoms. The molecule has 1 N–H and O–H groups in total. The van der Waals surface area contributed by atoms with Crippen LogP contribution in [0.5, 0.6) is 5.75 Å². The third-order valence-corrected chi connectivity index (χ3v) is 5.38. The Balaban J connectivity index is 1.90. The van der Waals surface area contributed by atoms with Gasteiger partial charge in [0.15, 0.2) is 0 Å². The Morgan fingerprint density at radius 2 is 2.24 bits per heavy atom. The fourth-order valence-electron chi connectivity index (χ4n) is 2.88. The largest absolute Gasteiger partial charge is 0.493 e. The Morgan fingerprint density at radius 1 is 1.38 bits per heavy atom. The second-order valence-corrected chi connectivity index (χ2v) is 7.65. The molecule has 1 aliphatic heterocycles. The van der Waals surface area contributed by atoms with E-state index in [1.54, 1.807) is 0 Å². The zero-order chi connectivity index (χ0) is 14.8. The zero-order valence-corrected chi connectivity index (χ0v) is 14.8. The first-order valence-electron chi connectivity index (χ1n) is 7.41. The minimum atomic E-state index is 0.358. The van der Waals surface area contributed by atoms with Gasteiger partial charge in [0, 0.05) is 26.7 Å². The molecule has 0 saturated heterocycles. The number of benzene rings is 1. The molecule has 2 nitrogen and oxygen atoms in total. The number of thiophene rings is 1. The van der Waals surface area contributed by atoms with Crippen LogP contribution in [0.3, 0.4) is 0 Å². The molecule has 1 aliphatic rings. The molecule has 0 fully saturated rings. The Hall–Kier alpha value is -0.840. The van der Waals surface area contributed by atoms with Crippen LogP contribution < -0.4 is 10.1 Å². The topological polar surface area (TPSA) is 21.3 Å². The van der Waals surface area contributed by atoms with Gasteiger partial charge in [-0.15, -0.1) is 11.3 Å². The highest BCUT2D eigenvalue weighted by atomic mass is 79.9. The van der Waals surface area contributed by atoms with E-state index in [0.717, 1.165) is 36.2 Å². The lowest BCUT2D eigenvalue weighted by Gasteiger charge is -2.18. The molecule has 0 saturated carbocycles. The van der Waals surface area contributed by atoms with E-state index in [4.69, 9.17) is 4.74 Å². The van der Waals surface area contributed by atoms with E-state index >= 15 is 0 Å². The molecule has 1 aromatic heterocycles. The van der Waals surface area contributed by atoms with Crippen LogP contribution in [-0.2, 0) is 12.8 Å². The maximum atomic E-state index is 5.86. The molecule has 2 aromatic rings. The van der Waals surface area contributed by atoms with Crippen molar-refractivity contribution in [2.45, 2.75) is 32.7 Å². The smallest absolute Gasteiger partial charge is 0.125 e. The van der Waals surface area contributed by atoms with E-state index in [9.17, 15) is 0 Å². The van der Waals surface area contributed by atoms with Crippen molar-refractivity contribution in [2.75, 3.05) is 13.2 Å². The third kappa shape index (κ3) is 3.33. The van der Waals surface area contributed by atoms with Crippen LogP contribution >= 0.6 is 27.3 Å². The first-order chi connectivity index (χ1) is 10.2. The molecule has 0 amide bonds. The summed E-state index contributed by atoms with van der Waals surface area (Å²) in [6.07, 6.45) is 1.99. The van der Waals surface area contributed by atoms with Gasteiger partial charge in [-0.3, -0.25) is 0 Å². The van der Waals surface area contributed by atoms with Crippen LogP contribution in [0, 0.1) is 6.92 Å². The summed E-state index contributed by atoms with van der Waals surface area (Å²) in [4.78, 5) is 2.77. The standard InChI is InChI=1S/C17H20BrNOS/c1-3-19-15(16-5-4-11(2)21-16)10-13-9-14(18)8-12-6-7-20-17(12)13/h4-5,8-9,15,19H,3,6-7,10H2,1-2H3. The molecule has 112 valence electrons. The van der Waals surface area contributed by atoms with E-state index in [2.05, 4.69) is 59.4 Å². The number of nitrogens with one attached hydrogen (secondary N) is 1. The molecule has 0 radical (unpaired) electrons. The van der Waals surface area contributed by atoms with E-state index in [0.29, 0.717) is 6.04 Å². The highest BCUT2D eigenvalue weighted by molar-refractivity contribution is 9.10. The molecule has 4 heteroatoms. The van der Waals surface area contributed by atoms with Gasteiger partial charge in [-0.05, 0) is 55.3 Å². The number of halogens is 1. The van der Waals surface area contributed by atoms with Crippen LogP contribution in [0.2, 0.25) is 0 Å². The van der Waals surface area contributed by atoms with Crippen molar-refractivity contribution in [2.24, 2.45) is 0 Å². The summed E-state index contributed by atoms with van der Waals surface area (Å²) in [5.41, 5.74) is 2.63. The predicted molar refractivity (Wildman–Crippen MR) is 92.5 cm³/mol. The highest BCUT2D eigenvalue weighted by Crippen LogP contribution is 2.36. The summed E-state index contributed by atoms with van der Waals surface area (Å²) in [6, 6.07) is 9.19. The van der Waals surface area contributed by atoms with Gasteiger partial charge in [-0.2, -0.15) is 0 Å². The molecule has 0 bridgehead atoms. The maximum Gasteiger partial charge on any atom is 0.125 e. The van der Waals surface area contributed by atoms with Crippen molar-refractivity contribution in [3.8, 4) is 5.75 Å². The molecule has 0 aliphatic carbocycles. The lowest BCUT2D eigenvalue weighted by Crippen LogP contribution is -2.22. The van der Waals surface area contributed by atoms with Gasteiger partial charge >= 0.3 is 0 Å². The number of hydrogen-bond donors (Lipinski definition) is 1. The van der Waals surface area contributed by atoms with E-state index in [1.165, 1.54) is 20.9 Å². The number of likely N-dealkylation sites (N-methyl/N-ethyl adjacent to an activating group) is 1. The maximum absolute atomic E-state index is 5.86. The molecule has 1 unspecified atom stereocenters. The SMILES string of the molecule is CCNC(Cc1cc(Br)cc2c1OCC2)c1ccc(C)s1. The van der Waals surface area contributed by atoms with Crippen LogP contribution in [0.4, 0.5) is 0 Å². The first-order valence-corrected chi connectivity index (χ1v) is 9.02. The lowest BCUT2D eigenvalue weighted by molar-refractivity contribution is 0.351. The normalized spacial score (nSPS) is 14.8. The fraction of sp³-hybridized carbons (Fsp3) is 0.412. The molecule has 3 rings (SSSR count). The predicted octanol–water partition coefficient (Wildman–Crippen LogP) is 4.65. The van der Waals surface area contributed by atoms with E-state index < -0.39 is 0 Å². The number of hydrogen-bond acceptors (Lipinski definition) is 3. The van der Waals surface area contributed by atoms with Crippen LogP contribution in [0.25, 0.3) is 0 Å². The molecular formula is C17H20BrNOS. The molecule has 2 heterocycles. The fourth-order valence-corrected chi connectivity index (χ4v) is 4.38. The molecule has 0 spiro atoms. The second kappa shape index (κ2) is 6.51. The monoisotopic (exact) mass is 365 g/mol. The summed E-state index contributed by atoms with van der Waals surface area (Å²) in [7, 11) is 0. The van der Waals surface area contributed by atoms with Crippen molar-refractivity contribution in [1.29, 1.82) is 0 Å². The van der Waals surface area contributed by atoms with Gasteiger partial charge in [-0.1, -0.05) is 22.9 Å². The van der Waals surface area contributed by atoms with Crippen LogP contribution in [0.1, 0.15) is 33.8 Å². The van der Waals surface area contributed by atoms with Gasteiger partial charge < -0.3 is 10.1 Å². The summed E-state index contributed by atoms with van der Waals surface area (Å²) in [6.45, 7) is 6.10. The summed E-state index contributed by atoms with van der Waals surface area (Å²) in [5.74, 6) is 1.11. The van der Waals surface area contributed by atoms with Crippen LogP contribution in [0.15, 0.2) is 28.7 Å². The lowest BCUT2D eigenvalue weighted by atomic mass is 10.0. The molecule has 1 atom stereocenters. The average Bonchev–Trinajstić information content (AvgIpc) is 3.06. The Morgan fingerprint density at radius 3 is 2.95 bits per heavy atom. The third-order valence-electron chi connectivity index (χ3n) is 3.80. The number of ether oxygens (including phenoxy) is 1. The molecular weight excluding hydrogens is 346 g/mol. The Kier molecular flexibility index (Phi) is 4.67. The number of rotatable bonds is 5. The second-order valence-electron chi connectivity index (χ2n) is 5.41.